The maximum absolute atomic E-state index is 11.0. The van der Waals surface area contributed by atoms with E-state index >= 15 is 0 Å². The quantitative estimate of drug-likeness (QED) is 0.674. The van der Waals surface area contributed by atoms with E-state index in [0.717, 1.165) is 5.82 Å². The van der Waals surface area contributed by atoms with E-state index in [1.807, 2.05) is 7.05 Å². The number of nitrogens with zero attached hydrogens (tertiary/aromatic N) is 3. The average Bonchev–Trinajstić information content (AvgIpc) is 2.52. The Hall–Kier alpha value is -1.04. The van der Waals surface area contributed by atoms with Crippen molar-refractivity contribution in [1.82, 2.24) is 14.8 Å². The van der Waals surface area contributed by atoms with Crippen LogP contribution in [-0.4, -0.2) is 33.1 Å². The van der Waals surface area contributed by atoms with Crippen molar-refractivity contribution in [3.05, 3.63) is 12.2 Å². The molecule has 0 saturated heterocycles. The van der Waals surface area contributed by atoms with E-state index in [1.165, 1.54) is 18.1 Å². The molecule has 1 aromatic rings. The summed E-state index contributed by atoms with van der Waals surface area (Å²) in [5.74, 6) is 1.72. The fourth-order valence-corrected chi connectivity index (χ4v) is 1.68. The average molecular weight is 215 g/mol. The molecule has 78 valence electrons. The first-order valence-electron chi connectivity index (χ1n) is 4.30. The Morgan fingerprint density at radius 3 is 3.07 bits per heavy atom. The van der Waals surface area contributed by atoms with E-state index in [0.29, 0.717) is 18.1 Å². The van der Waals surface area contributed by atoms with Gasteiger partial charge in [-0.1, -0.05) is 0 Å². The van der Waals surface area contributed by atoms with E-state index in [2.05, 4.69) is 10.1 Å². The summed E-state index contributed by atoms with van der Waals surface area (Å²) in [7, 11) is 1.83. The van der Waals surface area contributed by atoms with Crippen molar-refractivity contribution in [2.45, 2.75) is 12.7 Å². The van der Waals surface area contributed by atoms with Gasteiger partial charge >= 0.3 is 5.97 Å². The number of hydrogen-bond acceptors (Lipinski definition) is 5. The number of esters is 1. The van der Waals surface area contributed by atoms with Crippen LogP contribution in [0.3, 0.4) is 0 Å². The van der Waals surface area contributed by atoms with Crippen molar-refractivity contribution >= 4 is 17.7 Å². The first kappa shape index (κ1) is 11.0. The third-order valence-corrected chi connectivity index (χ3v) is 2.46. The number of ether oxygens (including phenoxy) is 1. The van der Waals surface area contributed by atoms with Gasteiger partial charge in [0.15, 0.2) is 0 Å². The van der Waals surface area contributed by atoms with Gasteiger partial charge in [-0.05, 0) is 6.92 Å². The summed E-state index contributed by atoms with van der Waals surface area (Å²) >= 11 is 1.48. The van der Waals surface area contributed by atoms with E-state index in [9.17, 15) is 4.79 Å². The maximum atomic E-state index is 11.0. The summed E-state index contributed by atoms with van der Waals surface area (Å²) < 4.78 is 6.48. The number of aromatic nitrogens is 3. The first-order valence-corrected chi connectivity index (χ1v) is 5.45. The fourth-order valence-electron chi connectivity index (χ4n) is 0.879. The molecule has 0 atom stereocenters. The van der Waals surface area contributed by atoms with E-state index in [4.69, 9.17) is 4.74 Å². The fraction of sp³-hybridized carbons (Fsp3) is 0.625. The Labute approximate surface area is 86.8 Å². The highest BCUT2D eigenvalue weighted by atomic mass is 32.2. The minimum absolute atomic E-state index is 0.181. The van der Waals surface area contributed by atoms with Crippen LogP contribution in [0.1, 0.15) is 12.7 Å². The molecule has 0 bridgehead atoms. The molecule has 0 amide bonds. The minimum atomic E-state index is -0.181. The topological polar surface area (TPSA) is 57.0 Å². The second-order valence-electron chi connectivity index (χ2n) is 2.60. The number of hydrogen-bond donors (Lipinski definition) is 0. The number of carbonyl (C=O) groups excluding carboxylic acids is 1. The van der Waals surface area contributed by atoms with Gasteiger partial charge in [0, 0.05) is 7.05 Å². The minimum Gasteiger partial charge on any atom is -0.465 e. The molecule has 0 unspecified atom stereocenters. The molecule has 5 nitrogen and oxygen atoms in total. The standard InChI is InChI=1S/C8H13N3O2S/c1-3-13-8(12)5-14-4-7-9-6-10-11(7)2/h6H,3-5H2,1-2H3. The van der Waals surface area contributed by atoms with Crippen LogP contribution in [0.25, 0.3) is 0 Å². The Morgan fingerprint density at radius 1 is 1.71 bits per heavy atom. The van der Waals surface area contributed by atoms with Crippen LogP contribution in [0.15, 0.2) is 6.33 Å². The molecule has 0 fully saturated rings. The molecule has 0 aliphatic carbocycles. The highest BCUT2D eigenvalue weighted by molar-refractivity contribution is 7.99. The number of rotatable bonds is 5. The van der Waals surface area contributed by atoms with E-state index in [1.54, 1.807) is 11.6 Å². The third kappa shape index (κ3) is 3.37. The van der Waals surface area contributed by atoms with Crippen LogP contribution in [-0.2, 0) is 22.3 Å². The van der Waals surface area contributed by atoms with Gasteiger partial charge in [-0.15, -0.1) is 11.8 Å². The SMILES string of the molecule is CCOC(=O)CSCc1ncnn1C. The molecule has 14 heavy (non-hydrogen) atoms. The van der Waals surface area contributed by atoms with E-state index < -0.39 is 0 Å². The predicted molar refractivity (Wildman–Crippen MR) is 53.8 cm³/mol. The zero-order valence-electron chi connectivity index (χ0n) is 8.27. The molecule has 0 aliphatic heterocycles. The summed E-state index contributed by atoms with van der Waals surface area (Å²) in [5, 5.41) is 3.93. The zero-order valence-corrected chi connectivity index (χ0v) is 9.08. The number of thioether (sulfide) groups is 1. The molecule has 1 aromatic heterocycles. The highest BCUT2D eigenvalue weighted by Gasteiger charge is 2.04. The van der Waals surface area contributed by atoms with Crippen LogP contribution >= 0.6 is 11.8 Å². The molecule has 0 aliphatic rings. The van der Waals surface area contributed by atoms with Gasteiger partial charge in [0.05, 0.1) is 18.1 Å². The Bertz CT molecular complexity index is 301. The summed E-state index contributed by atoms with van der Waals surface area (Å²) in [6.45, 7) is 2.23. The van der Waals surface area contributed by atoms with Gasteiger partial charge in [-0.25, -0.2) is 4.98 Å². The largest absolute Gasteiger partial charge is 0.465 e. The summed E-state index contributed by atoms with van der Waals surface area (Å²) in [5.41, 5.74) is 0. The van der Waals surface area contributed by atoms with Gasteiger partial charge in [0.25, 0.3) is 0 Å². The van der Waals surface area contributed by atoms with Crippen LogP contribution < -0.4 is 0 Å². The third-order valence-electron chi connectivity index (χ3n) is 1.56. The normalized spacial score (nSPS) is 10.1. The van der Waals surface area contributed by atoms with Crippen LogP contribution in [0, 0.1) is 0 Å². The Balaban J connectivity index is 2.22. The van der Waals surface area contributed by atoms with Gasteiger partial charge < -0.3 is 4.74 Å². The van der Waals surface area contributed by atoms with Crippen LogP contribution in [0.2, 0.25) is 0 Å². The lowest BCUT2D eigenvalue weighted by atomic mass is 10.7. The molecular weight excluding hydrogens is 202 g/mol. The molecule has 6 heteroatoms. The smallest absolute Gasteiger partial charge is 0.315 e. The summed E-state index contributed by atoms with van der Waals surface area (Å²) in [6, 6.07) is 0. The van der Waals surface area contributed by atoms with Gasteiger partial charge in [0.1, 0.15) is 12.2 Å². The molecule has 0 saturated carbocycles. The maximum Gasteiger partial charge on any atom is 0.315 e. The van der Waals surface area contributed by atoms with E-state index in [-0.39, 0.29) is 5.97 Å². The Kier molecular flexibility index (Phi) is 4.45. The molecule has 0 aromatic carbocycles. The van der Waals surface area contributed by atoms with Crippen molar-refractivity contribution in [2.24, 2.45) is 7.05 Å². The summed E-state index contributed by atoms with van der Waals surface area (Å²) in [6.07, 6.45) is 1.50. The predicted octanol–water partition coefficient (Wildman–Crippen LogP) is 0.611. The lowest BCUT2D eigenvalue weighted by Crippen LogP contribution is -2.07. The Morgan fingerprint density at radius 2 is 2.50 bits per heavy atom. The molecule has 0 radical (unpaired) electrons. The molecular formula is C8H13N3O2S. The van der Waals surface area contributed by atoms with Crippen LogP contribution in [0.4, 0.5) is 0 Å². The molecule has 1 heterocycles. The van der Waals surface area contributed by atoms with Crippen molar-refractivity contribution in [1.29, 1.82) is 0 Å². The first-order chi connectivity index (χ1) is 6.74. The van der Waals surface area contributed by atoms with Crippen molar-refractivity contribution in [2.75, 3.05) is 12.4 Å². The van der Waals surface area contributed by atoms with Crippen molar-refractivity contribution in [3.63, 3.8) is 0 Å². The van der Waals surface area contributed by atoms with Crippen LogP contribution in [0.5, 0.6) is 0 Å². The molecule has 1 rings (SSSR count). The highest BCUT2D eigenvalue weighted by Crippen LogP contribution is 2.08. The second kappa shape index (κ2) is 5.64. The number of aryl methyl sites for hydroxylation is 1. The van der Waals surface area contributed by atoms with Crippen molar-refractivity contribution < 1.29 is 9.53 Å². The zero-order chi connectivity index (χ0) is 10.4. The summed E-state index contributed by atoms with van der Waals surface area (Å²) in [4.78, 5) is 15.0. The second-order valence-corrected chi connectivity index (χ2v) is 3.58. The lowest BCUT2D eigenvalue weighted by molar-refractivity contribution is -0.139. The molecule has 0 spiro atoms. The molecule has 0 N–H and O–H groups in total. The lowest BCUT2D eigenvalue weighted by Gasteiger charge is -2.01. The van der Waals surface area contributed by atoms with Crippen molar-refractivity contribution in [3.8, 4) is 0 Å². The van der Waals surface area contributed by atoms with Gasteiger partial charge in [0.2, 0.25) is 0 Å². The van der Waals surface area contributed by atoms with Gasteiger partial charge in [-0.3, -0.25) is 9.48 Å². The number of carbonyl (C=O) groups is 1. The monoisotopic (exact) mass is 215 g/mol. The van der Waals surface area contributed by atoms with Gasteiger partial charge in [-0.2, -0.15) is 5.10 Å².